The number of aromatic nitrogens is 3. The molecule has 214 valence electrons. The molecule has 0 saturated carbocycles. The van der Waals surface area contributed by atoms with Crippen molar-refractivity contribution in [1.29, 1.82) is 0 Å². The molecule has 0 spiro atoms. The third-order valence-electron chi connectivity index (χ3n) is 6.71. The lowest BCUT2D eigenvalue weighted by molar-refractivity contribution is -0.0369. The van der Waals surface area contributed by atoms with Crippen LogP contribution < -0.4 is 10.1 Å². The minimum absolute atomic E-state index is 0.0777. The van der Waals surface area contributed by atoms with Crippen LogP contribution in [0.2, 0.25) is 0 Å². The number of amides is 1. The number of ether oxygens (including phenoxy) is 3. The molecule has 0 radical (unpaired) electrons. The van der Waals surface area contributed by atoms with Crippen molar-refractivity contribution in [3.05, 3.63) is 83.1 Å². The Bertz CT molecular complexity index is 1570. The summed E-state index contributed by atoms with van der Waals surface area (Å²) in [5.74, 6) is -0.837. The predicted octanol–water partition coefficient (Wildman–Crippen LogP) is 6.73. The Morgan fingerprint density at radius 2 is 1.90 bits per heavy atom. The smallest absolute Gasteiger partial charge is 0.412 e. The third-order valence-corrected chi connectivity index (χ3v) is 6.71. The highest BCUT2D eigenvalue weighted by Gasteiger charge is 2.29. The third kappa shape index (κ3) is 6.22. The second-order valence-electron chi connectivity index (χ2n) is 11.0. The lowest BCUT2D eigenvalue weighted by Gasteiger charge is -2.23. The summed E-state index contributed by atoms with van der Waals surface area (Å²) in [5.41, 5.74) is 1.11. The summed E-state index contributed by atoms with van der Waals surface area (Å²) in [5, 5.41) is 7.44. The molecule has 0 aliphatic carbocycles. The zero-order valence-corrected chi connectivity index (χ0v) is 23.6. The number of hydrogen-bond acceptors (Lipinski definition) is 7. The SMILES string of the molecule is Cc1ncc(OCc2ccccc2)c(C(=O)c2ccc(F)c3c2cnn3C2CCCCO2)c1NC(=O)OC(C)(C)C. The maximum Gasteiger partial charge on any atom is 0.412 e. The van der Waals surface area contributed by atoms with E-state index in [0.717, 1.165) is 18.4 Å². The number of rotatable bonds is 7. The second kappa shape index (κ2) is 11.7. The minimum Gasteiger partial charge on any atom is -0.486 e. The van der Waals surface area contributed by atoms with Gasteiger partial charge in [-0.1, -0.05) is 30.3 Å². The lowest BCUT2D eigenvalue weighted by Crippen LogP contribution is -2.28. The average Bonchev–Trinajstić information content (AvgIpc) is 3.39. The molecule has 4 aromatic rings. The largest absolute Gasteiger partial charge is 0.486 e. The molecule has 2 aromatic heterocycles. The van der Waals surface area contributed by atoms with Crippen LogP contribution in [0.1, 0.15) is 73.4 Å². The van der Waals surface area contributed by atoms with E-state index in [4.69, 9.17) is 14.2 Å². The fraction of sp³-hybridized carbons (Fsp3) is 0.355. The van der Waals surface area contributed by atoms with Crippen LogP contribution in [0, 0.1) is 12.7 Å². The van der Waals surface area contributed by atoms with E-state index in [1.807, 2.05) is 30.3 Å². The molecule has 1 aliphatic heterocycles. The van der Waals surface area contributed by atoms with Gasteiger partial charge in [0.2, 0.25) is 0 Å². The topological polar surface area (TPSA) is 105 Å². The molecule has 1 amide bonds. The molecule has 41 heavy (non-hydrogen) atoms. The molecule has 1 saturated heterocycles. The van der Waals surface area contributed by atoms with E-state index in [1.54, 1.807) is 27.7 Å². The number of fused-ring (bicyclic) bond motifs is 1. The van der Waals surface area contributed by atoms with E-state index in [2.05, 4.69) is 15.4 Å². The first kappa shape index (κ1) is 28.2. The Morgan fingerprint density at radius 1 is 1.12 bits per heavy atom. The molecule has 5 rings (SSSR count). The number of aryl methyl sites for hydroxylation is 1. The number of nitrogens with one attached hydrogen (secondary N) is 1. The van der Waals surface area contributed by atoms with Gasteiger partial charge < -0.3 is 14.2 Å². The van der Waals surface area contributed by atoms with Gasteiger partial charge >= 0.3 is 6.09 Å². The molecule has 3 heterocycles. The first-order chi connectivity index (χ1) is 19.6. The van der Waals surface area contributed by atoms with Crippen molar-refractivity contribution in [2.45, 2.75) is 65.4 Å². The van der Waals surface area contributed by atoms with Crippen LogP contribution in [0.3, 0.4) is 0 Å². The Balaban J connectivity index is 1.60. The van der Waals surface area contributed by atoms with Gasteiger partial charge in [0.05, 0.1) is 29.3 Å². The van der Waals surface area contributed by atoms with E-state index in [1.165, 1.54) is 29.2 Å². The number of benzene rings is 2. The number of nitrogens with zero attached hydrogens (tertiary/aromatic N) is 3. The molecule has 0 bridgehead atoms. The van der Waals surface area contributed by atoms with E-state index >= 15 is 4.39 Å². The highest BCUT2D eigenvalue weighted by atomic mass is 19.1. The van der Waals surface area contributed by atoms with Crippen molar-refractivity contribution < 1.29 is 28.2 Å². The lowest BCUT2D eigenvalue weighted by atomic mass is 9.97. The monoisotopic (exact) mass is 560 g/mol. The summed E-state index contributed by atoms with van der Waals surface area (Å²) in [7, 11) is 0. The minimum atomic E-state index is -0.768. The van der Waals surface area contributed by atoms with E-state index in [-0.39, 0.29) is 34.7 Å². The van der Waals surface area contributed by atoms with Crippen LogP contribution in [-0.4, -0.2) is 38.8 Å². The van der Waals surface area contributed by atoms with Gasteiger partial charge in [-0.2, -0.15) is 5.10 Å². The number of carbonyl (C=O) groups is 2. The van der Waals surface area contributed by atoms with Crippen LogP contribution in [0.25, 0.3) is 10.9 Å². The zero-order valence-electron chi connectivity index (χ0n) is 23.6. The Morgan fingerprint density at radius 3 is 2.61 bits per heavy atom. The van der Waals surface area contributed by atoms with Crippen molar-refractivity contribution >= 4 is 28.5 Å². The molecule has 1 atom stereocenters. The summed E-state index contributed by atoms with van der Waals surface area (Å²) in [6, 6.07) is 12.1. The molecule has 9 nitrogen and oxygen atoms in total. The Kier molecular flexibility index (Phi) is 8.03. The van der Waals surface area contributed by atoms with Crippen molar-refractivity contribution in [2.75, 3.05) is 11.9 Å². The van der Waals surface area contributed by atoms with Crippen LogP contribution in [0.4, 0.5) is 14.9 Å². The van der Waals surface area contributed by atoms with Gasteiger partial charge in [-0.25, -0.2) is 13.9 Å². The van der Waals surface area contributed by atoms with E-state index in [0.29, 0.717) is 24.1 Å². The molecule has 10 heteroatoms. The number of halogens is 1. The molecular weight excluding hydrogens is 527 g/mol. The number of pyridine rings is 1. The van der Waals surface area contributed by atoms with Gasteiger partial charge in [0.25, 0.3) is 0 Å². The quantitative estimate of drug-likeness (QED) is 0.250. The standard InChI is InChI=1S/C31H33FN4O5/c1-19-27(35-30(38)41-31(2,3)4)26(24(17-33-19)40-18-20-10-6-5-7-11-20)29(37)21-13-14-23(32)28-22(21)16-34-36(28)25-12-8-9-15-39-25/h5-7,10-11,13-14,16-17,25H,8-9,12,15,18H2,1-4H3,(H,35,38). The second-order valence-corrected chi connectivity index (χ2v) is 11.0. The fourth-order valence-corrected chi connectivity index (χ4v) is 4.81. The highest BCUT2D eigenvalue weighted by Crippen LogP contribution is 2.35. The number of ketones is 1. The number of anilines is 1. The Labute approximate surface area is 237 Å². The summed E-state index contributed by atoms with van der Waals surface area (Å²) in [6.07, 6.45) is 4.32. The first-order valence-electron chi connectivity index (χ1n) is 13.6. The summed E-state index contributed by atoms with van der Waals surface area (Å²) >= 11 is 0. The van der Waals surface area contributed by atoms with Crippen LogP contribution in [0.15, 0.2) is 54.9 Å². The zero-order chi connectivity index (χ0) is 29.1. The number of carbonyl (C=O) groups excluding carboxylic acids is 2. The molecule has 1 N–H and O–H groups in total. The predicted molar refractivity (Wildman–Crippen MR) is 152 cm³/mol. The van der Waals surface area contributed by atoms with Crippen LogP contribution in [0.5, 0.6) is 5.75 Å². The fourth-order valence-electron chi connectivity index (χ4n) is 4.81. The molecule has 1 aliphatic rings. The van der Waals surface area contributed by atoms with Gasteiger partial charge in [-0.05, 0) is 64.7 Å². The van der Waals surface area contributed by atoms with Crippen molar-refractivity contribution in [3.63, 3.8) is 0 Å². The van der Waals surface area contributed by atoms with E-state index < -0.39 is 29.5 Å². The number of hydrogen-bond donors (Lipinski definition) is 1. The molecular formula is C31H33FN4O5. The molecule has 2 aromatic carbocycles. The normalized spacial score (nSPS) is 15.5. The van der Waals surface area contributed by atoms with Gasteiger partial charge in [-0.15, -0.1) is 0 Å². The van der Waals surface area contributed by atoms with Gasteiger partial charge in [0.1, 0.15) is 23.5 Å². The maximum absolute atomic E-state index is 15.2. The average molecular weight is 561 g/mol. The van der Waals surface area contributed by atoms with Gasteiger partial charge in [-0.3, -0.25) is 15.1 Å². The van der Waals surface area contributed by atoms with Crippen molar-refractivity contribution in [2.24, 2.45) is 0 Å². The summed E-state index contributed by atoms with van der Waals surface area (Å²) < 4.78 is 34.1. The molecule has 1 unspecified atom stereocenters. The Hall–Kier alpha value is -4.31. The van der Waals surface area contributed by atoms with Crippen LogP contribution >= 0.6 is 0 Å². The highest BCUT2D eigenvalue weighted by molar-refractivity contribution is 6.20. The summed E-state index contributed by atoms with van der Waals surface area (Å²) in [4.78, 5) is 31.5. The van der Waals surface area contributed by atoms with Crippen LogP contribution in [-0.2, 0) is 16.1 Å². The first-order valence-corrected chi connectivity index (χ1v) is 13.6. The maximum atomic E-state index is 15.2. The van der Waals surface area contributed by atoms with Gasteiger partial charge in [0, 0.05) is 17.6 Å². The van der Waals surface area contributed by atoms with Gasteiger partial charge in [0.15, 0.2) is 17.8 Å². The molecule has 1 fully saturated rings. The van der Waals surface area contributed by atoms with E-state index in [9.17, 15) is 9.59 Å². The summed E-state index contributed by atoms with van der Waals surface area (Å²) in [6.45, 7) is 7.62. The van der Waals surface area contributed by atoms with Crippen molar-refractivity contribution in [1.82, 2.24) is 14.8 Å². The van der Waals surface area contributed by atoms with Crippen molar-refractivity contribution in [3.8, 4) is 5.75 Å².